The van der Waals surface area contributed by atoms with E-state index in [9.17, 15) is 14.4 Å². The van der Waals surface area contributed by atoms with E-state index in [4.69, 9.17) is 4.74 Å². The lowest BCUT2D eigenvalue weighted by molar-refractivity contribution is -0.123. The highest BCUT2D eigenvalue weighted by Crippen LogP contribution is 2.17. The molecular formula is C16H22N2O4. The second-order valence-corrected chi connectivity index (χ2v) is 5.53. The van der Waals surface area contributed by atoms with Crippen LogP contribution in [0.3, 0.4) is 0 Å². The van der Waals surface area contributed by atoms with E-state index >= 15 is 0 Å². The van der Waals surface area contributed by atoms with Gasteiger partial charge in [-0.15, -0.1) is 0 Å². The Labute approximate surface area is 130 Å². The second-order valence-electron chi connectivity index (χ2n) is 5.53. The molecule has 0 aliphatic rings. The minimum Gasteiger partial charge on any atom is -0.452 e. The molecule has 0 aliphatic carbocycles. The first-order valence-corrected chi connectivity index (χ1v) is 7.06. The molecular weight excluding hydrogens is 284 g/mol. The van der Waals surface area contributed by atoms with Crippen molar-refractivity contribution in [2.45, 2.75) is 40.7 Å². The van der Waals surface area contributed by atoms with Crippen LogP contribution in [0.5, 0.6) is 0 Å². The Morgan fingerprint density at radius 2 is 1.64 bits per heavy atom. The number of imide groups is 1. The van der Waals surface area contributed by atoms with E-state index < -0.39 is 24.5 Å². The first-order valence-electron chi connectivity index (χ1n) is 7.06. The quantitative estimate of drug-likeness (QED) is 0.833. The molecule has 22 heavy (non-hydrogen) atoms. The van der Waals surface area contributed by atoms with Crippen molar-refractivity contribution in [3.05, 3.63) is 34.4 Å². The zero-order chi connectivity index (χ0) is 16.9. The van der Waals surface area contributed by atoms with Crippen LogP contribution in [0.1, 0.15) is 40.9 Å². The maximum absolute atomic E-state index is 12.1. The van der Waals surface area contributed by atoms with Gasteiger partial charge in [0.1, 0.15) is 0 Å². The van der Waals surface area contributed by atoms with Gasteiger partial charge in [0, 0.05) is 6.04 Å². The summed E-state index contributed by atoms with van der Waals surface area (Å²) in [6, 6.07) is 3.05. The van der Waals surface area contributed by atoms with Crippen LogP contribution < -0.4 is 10.6 Å². The molecule has 0 unspecified atom stereocenters. The van der Waals surface area contributed by atoms with Crippen LogP contribution in [-0.2, 0) is 9.53 Å². The van der Waals surface area contributed by atoms with Gasteiger partial charge in [-0.1, -0.05) is 17.7 Å². The maximum Gasteiger partial charge on any atom is 0.339 e. The monoisotopic (exact) mass is 306 g/mol. The van der Waals surface area contributed by atoms with Crippen molar-refractivity contribution in [3.63, 3.8) is 0 Å². The normalized spacial score (nSPS) is 10.3. The number of benzene rings is 1. The summed E-state index contributed by atoms with van der Waals surface area (Å²) in [7, 11) is 0. The van der Waals surface area contributed by atoms with Crippen LogP contribution in [0.2, 0.25) is 0 Å². The fourth-order valence-corrected chi connectivity index (χ4v) is 2.17. The average Bonchev–Trinajstić information content (AvgIpc) is 2.33. The zero-order valence-electron chi connectivity index (χ0n) is 13.6. The summed E-state index contributed by atoms with van der Waals surface area (Å²) in [6.07, 6.45) is 0. The van der Waals surface area contributed by atoms with Crippen molar-refractivity contribution in [3.8, 4) is 0 Å². The number of amides is 3. The molecule has 0 atom stereocenters. The molecule has 0 bridgehead atoms. The van der Waals surface area contributed by atoms with Crippen molar-refractivity contribution in [2.24, 2.45) is 0 Å². The summed E-state index contributed by atoms with van der Waals surface area (Å²) < 4.78 is 4.97. The highest BCUT2D eigenvalue weighted by molar-refractivity contribution is 5.97. The highest BCUT2D eigenvalue weighted by atomic mass is 16.5. The molecule has 6 heteroatoms. The van der Waals surface area contributed by atoms with E-state index in [1.165, 1.54) is 0 Å². The highest BCUT2D eigenvalue weighted by Gasteiger charge is 2.16. The topological polar surface area (TPSA) is 84.5 Å². The van der Waals surface area contributed by atoms with Crippen LogP contribution in [0.4, 0.5) is 4.79 Å². The van der Waals surface area contributed by atoms with E-state index in [1.54, 1.807) is 13.8 Å². The van der Waals surface area contributed by atoms with Crippen LogP contribution >= 0.6 is 0 Å². The van der Waals surface area contributed by atoms with Gasteiger partial charge in [0.05, 0.1) is 5.56 Å². The Kier molecular flexibility index (Phi) is 6.10. The lowest BCUT2D eigenvalue weighted by atomic mass is 10.00. The largest absolute Gasteiger partial charge is 0.452 e. The van der Waals surface area contributed by atoms with Gasteiger partial charge in [-0.2, -0.15) is 0 Å². The minimum atomic E-state index is -0.672. The van der Waals surface area contributed by atoms with E-state index in [0.29, 0.717) is 5.56 Å². The van der Waals surface area contributed by atoms with Gasteiger partial charge in [-0.3, -0.25) is 10.1 Å². The first kappa shape index (κ1) is 17.7. The van der Waals surface area contributed by atoms with Crippen molar-refractivity contribution < 1.29 is 19.1 Å². The van der Waals surface area contributed by atoms with Crippen LogP contribution in [0, 0.1) is 20.8 Å². The summed E-state index contributed by atoms with van der Waals surface area (Å²) in [4.78, 5) is 34.9. The molecule has 0 fully saturated rings. The van der Waals surface area contributed by atoms with Gasteiger partial charge < -0.3 is 10.1 Å². The molecule has 1 aromatic rings. The number of carbonyl (C=O) groups excluding carboxylic acids is 3. The summed E-state index contributed by atoms with van der Waals surface area (Å²) in [5.74, 6) is -1.25. The lowest BCUT2D eigenvalue weighted by Gasteiger charge is -2.12. The molecule has 1 aromatic carbocycles. The predicted molar refractivity (Wildman–Crippen MR) is 82.7 cm³/mol. The number of ether oxygens (including phenoxy) is 1. The summed E-state index contributed by atoms with van der Waals surface area (Å²) in [5.41, 5.74) is 3.08. The number of aryl methyl sites for hydroxylation is 3. The van der Waals surface area contributed by atoms with Crippen LogP contribution in [-0.4, -0.2) is 30.6 Å². The SMILES string of the molecule is Cc1cc(C)c(C(=O)OCC(=O)NC(=O)NC(C)C)c(C)c1. The lowest BCUT2D eigenvalue weighted by Crippen LogP contribution is -2.44. The molecule has 0 radical (unpaired) electrons. The van der Waals surface area contributed by atoms with E-state index in [-0.39, 0.29) is 6.04 Å². The number of hydrogen-bond acceptors (Lipinski definition) is 4. The van der Waals surface area contributed by atoms with Gasteiger partial charge in [-0.25, -0.2) is 9.59 Å². The van der Waals surface area contributed by atoms with Crippen molar-refractivity contribution in [1.82, 2.24) is 10.6 Å². The second kappa shape index (κ2) is 7.59. The first-order chi connectivity index (χ1) is 10.2. The Bertz CT molecular complexity index is 571. The fourth-order valence-electron chi connectivity index (χ4n) is 2.17. The standard InChI is InChI=1S/C16H22N2O4/c1-9(2)17-16(21)18-13(19)8-22-15(20)14-11(4)6-10(3)7-12(14)5/h6-7,9H,8H2,1-5H3,(H2,17,18,19,21). The van der Waals surface area contributed by atoms with Gasteiger partial charge in [-0.05, 0) is 45.7 Å². The molecule has 0 saturated heterocycles. The Morgan fingerprint density at radius 1 is 1.09 bits per heavy atom. The van der Waals surface area contributed by atoms with Gasteiger partial charge in [0.25, 0.3) is 5.91 Å². The fraction of sp³-hybridized carbons (Fsp3) is 0.438. The third kappa shape index (κ3) is 5.20. The number of rotatable bonds is 4. The Morgan fingerprint density at radius 3 is 2.14 bits per heavy atom. The zero-order valence-corrected chi connectivity index (χ0v) is 13.6. The Balaban J connectivity index is 2.60. The Hall–Kier alpha value is -2.37. The van der Waals surface area contributed by atoms with Crippen molar-refractivity contribution >= 4 is 17.9 Å². The molecule has 6 nitrogen and oxygen atoms in total. The minimum absolute atomic E-state index is 0.0896. The molecule has 0 saturated carbocycles. The molecule has 0 heterocycles. The van der Waals surface area contributed by atoms with Crippen molar-refractivity contribution in [2.75, 3.05) is 6.61 Å². The van der Waals surface area contributed by atoms with E-state index in [1.807, 2.05) is 32.9 Å². The molecule has 2 N–H and O–H groups in total. The number of hydrogen-bond donors (Lipinski definition) is 2. The third-order valence-corrected chi connectivity index (χ3v) is 2.89. The molecule has 3 amide bonds. The summed E-state index contributed by atoms with van der Waals surface area (Å²) >= 11 is 0. The molecule has 0 aliphatic heterocycles. The molecule has 0 aromatic heterocycles. The van der Waals surface area contributed by atoms with Crippen LogP contribution in [0.25, 0.3) is 0 Å². The number of esters is 1. The van der Waals surface area contributed by atoms with Crippen LogP contribution in [0.15, 0.2) is 12.1 Å². The average molecular weight is 306 g/mol. The van der Waals surface area contributed by atoms with Gasteiger partial charge in [0.2, 0.25) is 0 Å². The van der Waals surface area contributed by atoms with Gasteiger partial charge >= 0.3 is 12.0 Å². The summed E-state index contributed by atoms with van der Waals surface area (Å²) in [6.45, 7) is 8.60. The third-order valence-electron chi connectivity index (χ3n) is 2.89. The summed E-state index contributed by atoms with van der Waals surface area (Å²) in [5, 5.41) is 4.60. The maximum atomic E-state index is 12.1. The number of nitrogens with one attached hydrogen (secondary N) is 2. The number of carbonyl (C=O) groups is 3. The predicted octanol–water partition coefficient (Wildman–Crippen LogP) is 2.00. The molecule has 1 rings (SSSR count). The van der Waals surface area contributed by atoms with Gasteiger partial charge in [0.15, 0.2) is 6.61 Å². The smallest absolute Gasteiger partial charge is 0.339 e. The molecule has 120 valence electrons. The van der Waals surface area contributed by atoms with E-state index in [2.05, 4.69) is 10.6 Å². The van der Waals surface area contributed by atoms with E-state index in [0.717, 1.165) is 16.7 Å². The number of urea groups is 1. The molecule has 0 spiro atoms. The van der Waals surface area contributed by atoms with Crippen molar-refractivity contribution in [1.29, 1.82) is 0 Å².